The van der Waals surface area contributed by atoms with Crippen LogP contribution >= 0.6 is 0 Å². The van der Waals surface area contributed by atoms with Gasteiger partial charge in [0.25, 0.3) is 0 Å². The zero-order chi connectivity index (χ0) is 16.6. The summed E-state index contributed by atoms with van der Waals surface area (Å²) in [7, 11) is 0. The highest BCUT2D eigenvalue weighted by Gasteiger charge is 2.47. The number of hydrogen-bond acceptors (Lipinski definition) is 2. The van der Waals surface area contributed by atoms with Crippen molar-refractivity contribution in [1.29, 1.82) is 0 Å². The lowest BCUT2D eigenvalue weighted by Crippen LogP contribution is -2.49. The second kappa shape index (κ2) is 6.47. The van der Waals surface area contributed by atoms with Gasteiger partial charge in [0.2, 0.25) is 5.91 Å². The Bertz CT molecular complexity index is 580. The smallest absolute Gasteiger partial charge is 0.233 e. The minimum Gasteiger partial charge on any atom is -0.381 e. The Labute approximate surface area is 143 Å². The molecular formula is C20H26FNO2. The molecule has 3 aliphatic rings. The van der Waals surface area contributed by atoms with Crippen molar-refractivity contribution in [2.24, 2.45) is 11.8 Å². The number of ether oxygens (including phenoxy) is 1. The van der Waals surface area contributed by atoms with E-state index < -0.39 is 5.41 Å². The third-order valence-electron chi connectivity index (χ3n) is 6.42. The van der Waals surface area contributed by atoms with Crippen molar-refractivity contribution in [3.63, 3.8) is 0 Å². The van der Waals surface area contributed by atoms with Crippen LogP contribution in [0.1, 0.15) is 44.1 Å². The molecule has 2 atom stereocenters. The predicted octanol–water partition coefficient (Wildman–Crippen LogP) is 3.52. The van der Waals surface area contributed by atoms with E-state index in [0.717, 1.165) is 18.7 Å². The van der Waals surface area contributed by atoms with Crippen molar-refractivity contribution >= 4 is 5.91 Å². The van der Waals surface area contributed by atoms with E-state index >= 15 is 0 Å². The lowest BCUT2D eigenvalue weighted by Gasteiger charge is -2.39. The highest BCUT2D eigenvalue weighted by atomic mass is 19.1. The van der Waals surface area contributed by atoms with Crippen LogP contribution < -0.4 is 0 Å². The second-order valence-corrected chi connectivity index (χ2v) is 7.72. The predicted molar refractivity (Wildman–Crippen MR) is 90.2 cm³/mol. The van der Waals surface area contributed by atoms with E-state index in [1.165, 1.54) is 37.8 Å². The molecule has 3 nitrogen and oxygen atoms in total. The van der Waals surface area contributed by atoms with Crippen molar-refractivity contribution in [2.45, 2.75) is 43.9 Å². The minimum atomic E-state index is -0.528. The van der Waals surface area contributed by atoms with Gasteiger partial charge in [-0.25, -0.2) is 4.39 Å². The monoisotopic (exact) mass is 331 g/mol. The molecule has 0 unspecified atom stereocenters. The fourth-order valence-corrected chi connectivity index (χ4v) is 4.99. The summed E-state index contributed by atoms with van der Waals surface area (Å²) >= 11 is 0. The molecule has 0 radical (unpaired) electrons. The highest BCUT2D eigenvalue weighted by Crippen LogP contribution is 2.41. The van der Waals surface area contributed by atoms with Crippen LogP contribution in [0.15, 0.2) is 24.3 Å². The first kappa shape index (κ1) is 16.1. The molecule has 1 aromatic carbocycles. The van der Waals surface area contributed by atoms with E-state index in [4.69, 9.17) is 4.74 Å². The number of fused-ring (bicyclic) bond motifs is 1. The third-order valence-corrected chi connectivity index (χ3v) is 6.42. The van der Waals surface area contributed by atoms with E-state index in [0.29, 0.717) is 37.9 Å². The fourth-order valence-electron chi connectivity index (χ4n) is 4.99. The Morgan fingerprint density at radius 1 is 1.04 bits per heavy atom. The number of carbonyl (C=O) groups excluding carboxylic acids is 1. The Balaban J connectivity index is 1.61. The molecule has 1 aliphatic carbocycles. The van der Waals surface area contributed by atoms with Gasteiger partial charge in [-0.3, -0.25) is 4.79 Å². The molecule has 0 spiro atoms. The Kier molecular flexibility index (Phi) is 4.33. The Morgan fingerprint density at radius 3 is 2.21 bits per heavy atom. The molecule has 0 aromatic heterocycles. The van der Waals surface area contributed by atoms with Gasteiger partial charge in [0.1, 0.15) is 5.82 Å². The molecule has 24 heavy (non-hydrogen) atoms. The van der Waals surface area contributed by atoms with E-state index in [2.05, 4.69) is 4.90 Å². The first-order valence-corrected chi connectivity index (χ1v) is 9.32. The van der Waals surface area contributed by atoms with Gasteiger partial charge in [-0.05, 0) is 55.2 Å². The maximum Gasteiger partial charge on any atom is 0.233 e. The number of likely N-dealkylation sites (tertiary alicyclic amines) is 1. The molecule has 2 aliphatic heterocycles. The van der Waals surface area contributed by atoms with Crippen LogP contribution in [-0.2, 0) is 14.9 Å². The van der Waals surface area contributed by atoms with Crippen LogP contribution in [0.2, 0.25) is 0 Å². The lowest BCUT2D eigenvalue weighted by molar-refractivity contribution is -0.140. The zero-order valence-corrected chi connectivity index (χ0v) is 14.2. The van der Waals surface area contributed by atoms with Gasteiger partial charge in [0.05, 0.1) is 5.41 Å². The molecule has 130 valence electrons. The van der Waals surface area contributed by atoms with Crippen LogP contribution in [0.3, 0.4) is 0 Å². The largest absolute Gasteiger partial charge is 0.381 e. The summed E-state index contributed by atoms with van der Waals surface area (Å²) in [5, 5.41) is 0. The van der Waals surface area contributed by atoms with Crippen LogP contribution in [0.25, 0.3) is 0 Å². The number of benzene rings is 1. The minimum absolute atomic E-state index is 0.242. The molecule has 4 heteroatoms. The molecule has 3 fully saturated rings. The van der Waals surface area contributed by atoms with Gasteiger partial charge in [-0.15, -0.1) is 0 Å². The molecule has 1 amide bonds. The molecule has 1 aromatic rings. The van der Waals surface area contributed by atoms with Crippen molar-refractivity contribution < 1.29 is 13.9 Å². The van der Waals surface area contributed by atoms with Gasteiger partial charge < -0.3 is 9.64 Å². The topological polar surface area (TPSA) is 29.5 Å². The number of carbonyl (C=O) groups is 1. The lowest BCUT2D eigenvalue weighted by atomic mass is 9.73. The molecule has 1 saturated carbocycles. The molecule has 0 N–H and O–H groups in total. The Hall–Kier alpha value is -1.42. The SMILES string of the molecule is O=C(N1C[C@@H]2CCCC[C@H]2C1)C1(c2ccc(F)cc2)CCOCC1. The van der Waals surface area contributed by atoms with Gasteiger partial charge in [0, 0.05) is 26.3 Å². The first-order chi connectivity index (χ1) is 11.7. The van der Waals surface area contributed by atoms with E-state index in [9.17, 15) is 9.18 Å². The van der Waals surface area contributed by atoms with Crippen LogP contribution in [0, 0.1) is 17.7 Å². The highest BCUT2D eigenvalue weighted by molar-refractivity contribution is 5.88. The maximum absolute atomic E-state index is 13.5. The quantitative estimate of drug-likeness (QED) is 0.830. The number of rotatable bonds is 2. The fraction of sp³-hybridized carbons (Fsp3) is 0.650. The maximum atomic E-state index is 13.5. The van der Waals surface area contributed by atoms with Gasteiger partial charge >= 0.3 is 0 Å². The summed E-state index contributed by atoms with van der Waals surface area (Å²) in [5.41, 5.74) is 0.423. The second-order valence-electron chi connectivity index (χ2n) is 7.72. The zero-order valence-electron chi connectivity index (χ0n) is 14.2. The molecule has 2 heterocycles. The van der Waals surface area contributed by atoms with Gasteiger partial charge in [-0.2, -0.15) is 0 Å². The number of hydrogen-bond donors (Lipinski definition) is 0. The van der Waals surface area contributed by atoms with Crippen molar-refractivity contribution in [3.05, 3.63) is 35.6 Å². The molecule has 0 bridgehead atoms. The Morgan fingerprint density at radius 2 is 1.62 bits per heavy atom. The van der Waals surface area contributed by atoms with Crippen LogP contribution in [-0.4, -0.2) is 37.1 Å². The van der Waals surface area contributed by atoms with Crippen LogP contribution in [0.4, 0.5) is 4.39 Å². The van der Waals surface area contributed by atoms with Crippen molar-refractivity contribution in [1.82, 2.24) is 4.90 Å². The number of halogens is 1. The summed E-state index contributed by atoms with van der Waals surface area (Å²) in [6.45, 7) is 3.02. The summed E-state index contributed by atoms with van der Waals surface area (Å²) in [4.78, 5) is 15.6. The average molecular weight is 331 g/mol. The average Bonchev–Trinajstić information content (AvgIpc) is 3.06. The standard InChI is InChI=1S/C20H26FNO2/c21-18-7-5-17(6-8-18)20(9-11-24-12-10-20)19(23)22-13-15-3-1-2-4-16(15)14-22/h5-8,15-16H,1-4,9-14H2/t15-,16-/m0/s1. The van der Waals surface area contributed by atoms with Crippen molar-refractivity contribution in [2.75, 3.05) is 26.3 Å². The van der Waals surface area contributed by atoms with E-state index in [-0.39, 0.29) is 11.7 Å². The normalized spacial score (nSPS) is 29.3. The number of nitrogens with zero attached hydrogens (tertiary/aromatic N) is 1. The summed E-state index contributed by atoms with van der Waals surface area (Å²) in [5.74, 6) is 1.37. The van der Waals surface area contributed by atoms with Crippen molar-refractivity contribution in [3.8, 4) is 0 Å². The molecular weight excluding hydrogens is 305 g/mol. The van der Waals surface area contributed by atoms with Gasteiger partial charge in [0.15, 0.2) is 0 Å². The van der Waals surface area contributed by atoms with Gasteiger partial charge in [-0.1, -0.05) is 25.0 Å². The number of amides is 1. The molecule has 2 saturated heterocycles. The summed E-state index contributed by atoms with van der Waals surface area (Å²) in [6, 6.07) is 6.54. The first-order valence-electron chi connectivity index (χ1n) is 9.32. The summed E-state index contributed by atoms with van der Waals surface area (Å²) < 4.78 is 18.9. The van der Waals surface area contributed by atoms with E-state index in [1.54, 1.807) is 12.1 Å². The molecule has 4 rings (SSSR count). The third kappa shape index (κ3) is 2.75. The van der Waals surface area contributed by atoms with Crippen LogP contribution in [0.5, 0.6) is 0 Å². The van der Waals surface area contributed by atoms with E-state index in [1.807, 2.05) is 0 Å². The summed E-state index contributed by atoms with van der Waals surface area (Å²) in [6.07, 6.45) is 6.54.